The third kappa shape index (κ3) is 5.92. The maximum atomic E-state index is 12.5. The Hall–Kier alpha value is -1.64. The number of anilines is 1. The number of nitrogens with one attached hydrogen (secondary N) is 1. The molecule has 3 rings (SSSR count). The lowest BCUT2D eigenvalue weighted by Gasteiger charge is -2.35. The Bertz CT molecular complexity index is 743. The fraction of sp³-hybridized carbons (Fsp3) is 0.526. The van der Waals surface area contributed by atoms with Crippen molar-refractivity contribution in [3.05, 3.63) is 35.4 Å². The Morgan fingerprint density at radius 2 is 2.00 bits per heavy atom. The van der Waals surface area contributed by atoms with Gasteiger partial charge in [0.15, 0.2) is 4.34 Å². The highest BCUT2D eigenvalue weighted by Gasteiger charge is 2.21. The van der Waals surface area contributed by atoms with Crippen LogP contribution in [0.15, 0.2) is 28.6 Å². The molecule has 6 nitrogen and oxygen atoms in total. The normalized spacial score (nSPS) is 15.1. The molecular weight excluding hydrogens is 378 g/mol. The molecule has 0 radical (unpaired) electrons. The molecule has 0 unspecified atom stereocenters. The van der Waals surface area contributed by atoms with E-state index in [0.29, 0.717) is 5.75 Å². The van der Waals surface area contributed by atoms with E-state index in [0.717, 1.165) is 55.2 Å². The Kier molecular flexibility index (Phi) is 7.49. The van der Waals surface area contributed by atoms with Crippen molar-refractivity contribution in [1.29, 1.82) is 0 Å². The molecule has 2 aromatic rings. The van der Waals surface area contributed by atoms with Crippen molar-refractivity contribution in [1.82, 2.24) is 20.0 Å². The van der Waals surface area contributed by atoms with E-state index in [4.69, 9.17) is 0 Å². The maximum Gasteiger partial charge on any atom is 0.233 e. The minimum Gasteiger partial charge on any atom is -0.360 e. The van der Waals surface area contributed by atoms with Crippen LogP contribution in [0.25, 0.3) is 0 Å². The first-order valence-corrected chi connectivity index (χ1v) is 11.2. The van der Waals surface area contributed by atoms with Gasteiger partial charge in [-0.3, -0.25) is 9.69 Å². The van der Waals surface area contributed by atoms with Crippen molar-refractivity contribution < 1.29 is 4.79 Å². The minimum absolute atomic E-state index is 0.189. The van der Waals surface area contributed by atoms with E-state index in [1.807, 2.05) is 4.90 Å². The molecule has 0 spiro atoms. The van der Waals surface area contributed by atoms with E-state index in [2.05, 4.69) is 58.5 Å². The van der Waals surface area contributed by atoms with Gasteiger partial charge in [0.25, 0.3) is 0 Å². The Balaban J connectivity index is 1.40. The average molecular weight is 406 g/mol. The summed E-state index contributed by atoms with van der Waals surface area (Å²) >= 11 is 3.00. The van der Waals surface area contributed by atoms with Gasteiger partial charge in [0.05, 0.1) is 5.75 Å². The Morgan fingerprint density at radius 1 is 1.22 bits per heavy atom. The molecule has 1 aromatic heterocycles. The summed E-state index contributed by atoms with van der Waals surface area (Å²) in [6, 6.07) is 8.52. The van der Waals surface area contributed by atoms with Gasteiger partial charge < -0.3 is 10.2 Å². The monoisotopic (exact) mass is 405 g/mol. The topological polar surface area (TPSA) is 61.4 Å². The molecule has 1 fully saturated rings. The van der Waals surface area contributed by atoms with Crippen molar-refractivity contribution in [2.24, 2.45) is 0 Å². The third-order valence-electron chi connectivity index (χ3n) is 4.63. The second-order valence-electron chi connectivity index (χ2n) is 6.67. The van der Waals surface area contributed by atoms with Gasteiger partial charge in [0.1, 0.15) is 0 Å². The minimum atomic E-state index is 0.189. The number of hydrogen-bond acceptors (Lipinski definition) is 7. The van der Waals surface area contributed by atoms with E-state index < -0.39 is 0 Å². The summed E-state index contributed by atoms with van der Waals surface area (Å²) < 4.78 is 0.847. The highest BCUT2D eigenvalue weighted by Crippen LogP contribution is 2.25. The van der Waals surface area contributed by atoms with Crippen LogP contribution in [0.3, 0.4) is 0 Å². The summed E-state index contributed by atoms with van der Waals surface area (Å²) in [4.78, 5) is 16.9. The van der Waals surface area contributed by atoms with Crippen molar-refractivity contribution in [2.45, 2.75) is 31.2 Å². The van der Waals surface area contributed by atoms with Crippen LogP contribution >= 0.6 is 23.1 Å². The molecule has 27 heavy (non-hydrogen) atoms. The van der Waals surface area contributed by atoms with E-state index in [1.165, 1.54) is 34.2 Å². The number of thioether (sulfide) groups is 1. The summed E-state index contributed by atoms with van der Waals surface area (Å²) in [6.07, 6.45) is 1.05. The van der Waals surface area contributed by atoms with Gasteiger partial charge in [0, 0.05) is 39.3 Å². The molecular formula is C19H27N5OS2. The fourth-order valence-electron chi connectivity index (χ4n) is 2.97. The number of benzene rings is 1. The zero-order chi connectivity index (χ0) is 19.1. The van der Waals surface area contributed by atoms with Crippen molar-refractivity contribution in [3.8, 4) is 0 Å². The van der Waals surface area contributed by atoms with E-state index in [-0.39, 0.29) is 5.91 Å². The molecule has 1 aliphatic rings. The Morgan fingerprint density at radius 3 is 2.74 bits per heavy atom. The molecule has 8 heteroatoms. The number of piperazine rings is 1. The largest absolute Gasteiger partial charge is 0.360 e. The number of hydrogen-bond donors (Lipinski definition) is 1. The lowest BCUT2D eigenvalue weighted by atomic mass is 10.1. The average Bonchev–Trinajstić information content (AvgIpc) is 3.15. The fourth-order valence-corrected chi connectivity index (χ4v) is 4.65. The molecule has 1 amide bonds. The molecule has 0 saturated carbocycles. The summed E-state index contributed by atoms with van der Waals surface area (Å²) in [5, 5.41) is 12.3. The molecule has 1 N–H and O–H groups in total. The van der Waals surface area contributed by atoms with Crippen LogP contribution in [0.2, 0.25) is 0 Å². The summed E-state index contributed by atoms with van der Waals surface area (Å²) in [7, 11) is 0. The standard InChI is InChI=1S/C19H27N5OS2/c1-3-8-20-18-21-22-19(27-18)26-14-17(25)24-11-9-23(10-12-24)13-16-7-5-4-6-15(16)2/h4-7H,3,8-14H2,1-2H3,(H,20,21). The second-order valence-corrected chi connectivity index (χ2v) is 8.87. The third-order valence-corrected chi connectivity index (χ3v) is 6.63. The number of carbonyl (C=O) groups excluding carboxylic acids is 1. The second kappa shape index (κ2) is 10.1. The van der Waals surface area contributed by atoms with Crippen LogP contribution in [-0.4, -0.2) is 64.4 Å². The highest BCUT2D eigenvalue weighted by molar-refractivity contribution is 8.01. The van der Waals surface area contributed by atoms with Gasteiger partial charge in [-0.2, -0.15) is 0 Å². The molecule has 1 saturated heterocycles. The molecule has 2 heterocycles. The number of aryl methyl sites for hydroxylation is 1. The summed E-state index contributed by atoms with van der Waals surface area (Å²) in [5.41, 5.74) is 2.70. The van der Waals surface area contributed by atoms with Crippen LogP contribution in [0.4, 0.5) is 5.13 Å². The molecule has 0 atom stereocenters. The van der Waals surface area contributed by atoms with Crippen molar-refractivity contribution in [3.63, 3.8) is 0 Å². The number of amides is 1. The molecule has 146 valence electrons. The van der Waals surface area contributed by atoms with Crippen molar-refractivity contribution in [2.75, 3.05) is 43.8 Å². The van der Waals surface area contributed by atoms with Gasteiger partial charge in [-0.15, -0.1) is 10.2 Å². The highest BCUT2D eigenvalue weighted by atomic mass is 32.2. The maximum absolute atomic E-state index is 12.5. The first-order valence-electron chi connectivity index (χ1n) is 9.40. The predicted molar refractivity (Wildman–Crippen MR) is 112 cm³/mol. The SMILES string of the molecule is CCCNc1nnc(SCC(=O)N2CCN(Cc3ccccc3C)CC2)s1. The van der Waals surface area contributed by atoms with Gasteiger partial charge >= 0.3 is 0 Å². The first-order chi connectivity index (χ1) is 13.2. The zero-order valence-electron chi connectivity index (χ0n) is 16.0. The van der Waals surface area contributed by atoms with Gasteiger partial charge in [-0.05, 0) is 24.5 Å². The van der Waals surface area contributed by atoms with E-state index in [9.17, 15) is 4.79 Å². The number of nitrogens with zero attached hydrogens (tertiary/aromatic N) is 4. The van der Waals surface area contributed by atoms with Gasteiger partial charge in [-0.25, -0.2) is 0 Å². The lowest BCUT2D eigenvalue weighted by Crippen LogP contribution is -2.48. The summed E-state index contributed by atoms with van der Waals surface area (Å²) in [5.74, 6) is 0.619. The number of carbonyl (C=O) groups is 1. The molecule has 0 bridgehead atoms. The zero-order valence-corrected chi connectivity index (χ0v) is 17.6. The van der Waals surface area contributed by atoms with Crippen LogP contribution in [0, 0.1) is 6.92 Å². The van der Waals surface area contributed by atoms with Gasteiger partial charge in [-0.1, -0.05) is 54.3 Å². The Labute approximate surface area is 169 Å². The predicted octanol–water partition coefficient (Wildman–Crippen LogP) is 3.10. The van der Waals surface area contributed by atoms with Crippen LogP contribution in [0.5, 0.6) is 0 Å². The quantitative estimate of drug-likeness (QED) is 0.681. The summed E-state index contributed by atoms with van der Waals surface area (Å²) in [6.45, 7) is 9.57. The van der Waals surface area contributed by atoms with Crippen LogP contribution < -0.4 is 5.32 Å². The molecule has 0 aliphatic carbocycles. The van der Waals surface area contributed by atoms with E-state index in [1.54, 1.807) is 0 Å². The van der Waals surface area contributed by atoms with E-state index >= 15 is 0 Å². The molecule has 1 aromatic carbocycles. The van der Waals surface area contributed by atoms with Crippen LogP contribution in [-0.2, 0) is 11.3 Å². The van der Waals surface area contributed by atoms with Crippen molar-refractivity contribution >= 4 is 34.1 Å². The van der Waals surface area contributed by atoms with Crippen LogP contribution in [0.1, 0.15) is 24.5 Å². The number of rotatable bonds is 8. The smallest absolute Gasteiger partial charge is 0.233 e. The number of aromatic nitrogens is 2. The molecule has 1 aliphatic heterocycles. The van der Waals surface area contributed by atoms with Gasteiger partial charge in [0.2, 0.25) is 11.0 Å². The first kappa shape index (κ1) is 20.1. The lowest BCUT2D eigenvalue weighted by molar-refractivity contribution is -0.130.